The molecule has 3 heteroatoms. The Balaban J connectivity index is 1.96. The molecular weight excluding hydrogens is 365 g/mol. The average Bonchev–Trinajstić information content (AvgIpc) is 2.59. The van der Waals surface area contributed by atoms with E-state index in [0.717, 1.165) is 21.2 Å². The summed E-state index contributed by atoms with van der Waals surface area (Å²) in [6.45, 7) is 3.30. The highest BCUT2D eigenvalue weighted by Gasteiger charge is 2.15. The summed E-state index contributed by atoms with van der Waals surface area (Å²) in [6.07, 6.45) is 0. The van der Waals surface area contributed by atoms with Crippen molar-refractivity contribution in [3.8, 4) is 0 Å². The Kier molecular flexibility index (Phi) is 5.31. The normalized spacial score (nSPS) is 10.6. The first-order chi connectivity index (χ1) is 11.6. The number of hydrogen-bond donors (Lipinski definition) is 0. The monoisotopic (exact) mass is 383 g/mol. The van der Waals surface area contributed by atoms with Gasteiger partial charge < -0.3 is 4.90 Å². The van der Waals surface area contributed by atoms with E-state index in [-0.39, 0.29) is 5.82 Å². The molecule has 1 nitrogen and oxygen atoms in total. The Bertz CT molecular complexity index is 761. The predicted molar refractivity (Wildman–Crippen MR) is 102 cm³/mol. The zero-order valence-corrected chi connectivity index (χ0v) is 15.1. The molecule has 0 N–H and O–H groups in total. The van der Waals surface area contributed by atoms with Crippen molar-refractivity contribution in [1.82, 2.24) is 0 Å². The maximum Gasteiger partial charge on any atom is 0.147 e. The number of halogens is 2. The van der Waals surface area contributed by atoms with Gasteiger partial charge in [-0.25, -0.2) is 4.39 Å². The Hall–Kier alpha value is -2.13. The lowest BCUT2D eigenvalue weighted by Crippen LogP contribution is -2.23. The number of nitrogens with zero attached hydrogens (tertiary/aromatic N) is 1. The minimum Gasteiger partial charge on any atom is -0.361 e. The molecule has 0 aliphatic heterocycles. The summed E-state index contributed by atoms with van der Waals surface area (Å²) in [5.74, 6) is -0.209. The van der Waals surface area contributed by atoms with Gasteiger partial charge in [0.05, 0.1) is 5.69 Å². The van der Waals surface area contributed by atoms with Crippen LogP contribution in [0.25, 0.3) is 0 Å². The van der Waals surface area contributed by atoms with Crippen molar-refractivity contribution < 1.29 is 4.39 Å². The van der Waals surface area contributed by atoms with E-state index in [4.69, 9.17) is 0 Å². The molecule has 0 spiro atoms. The van der Waals surface area contributed by atoms with Crippen molar-refractivity contribution in [2.75, 3.05) is 4.90 Å². The van der Waals surface area contributed by atoms with Gasteiger partial charge in [0.1, 0.15) is 5.82 Å². The van der Waals surface area contributed by atoms with Crippen molar-refractivity contribution in [2.45, 2.75) is 20.0 Å². The molecule has 0 saturated heterocycles. The van der Waals surface area contributed by atoms with Crippen LogP contribution in [0.2, 0.25) is 0 Å². The molecule has 0 aliphatic rings. The number of aryl methyl sites for hydroxylation is 1. The Morgan fingerprint density at radius 1 is 0.833 bits per heavy atom. The molecule has 3 aromatic rings. The van der Waals surface area contributed by atoms with Crippen molar-refractivity contribution in [3.05, 3.63) is 99.8 Å². The smallest absolute Gasteiger partial charge is 0.147 e. The standard InChI is InChI=1S/C21H19BrFN/c1-16-12-21(20(23)13-19(16)22)24(14-17-8-4-2-5-9-17)15-18-10-6-3-7-11-18/h2-13H,14-15H2,1H3. The lowest BCUT2D eigenvalue weighted by molar-refractivity contribution is 0.614. The maximum absolute atomic E-state index is 14.6. The second-order valence-corrected chi connectivity index (χ2v) is 6.73. The van der Waals surface area contributed by atoms with Crippen molar-refractivity contribution in [2.24, 2.45) is 0 Å². The molecule has 0 bridgehead atoms. The van der Waals surface area contributed by atoms with E-state index >= 15 is 0 Å². The van der Waals surface area contributed by atoms with E-state index in [9.17, 15) is 4.39 Å². The first-order valence-electron chi connectivity index (χ1n) is 7.92. The van der Waals surface area contributed by atoms with Crippen LogP contribution in [0, 0.1) is 12.7 Å². The zero-order chi connectivity index (χ0) is 16.9. The fraction of sp³-hybridized carbons (Fsp3) is 0.143. The SMILES string of the molecule is Cc1cc(N(Cc2ccccc2)Cc2ccccc2)c(F)cc1Br. The van der Waals surface area contributed by atoms with E-state index in [0.29, 0.717) is 18.8 Å². The third kappa shape index (κ3) is 4.04. The van der Waals surface area contributed by atoms with Gasteiger partial charge in [0.25, 0.3) is 0 Å². The first-order valence-corrected chi connectivity index (χ1v) is 8.71. The molecule has 122 valence electrons. The molecule has 24 heavy (non-hydrogen) atoms. The summed E-state index contributed by atoms with van der Waals surface area (Å²) >= 11 is 3.40. The van der Waals surface area contributed by atoms with E-state index in [1.54, 1.807) is 6.07 Å². The first kappa shape index (κ1) is 16.7. The Morgan fingerprint density at radius 2 is 1.33 bits per heavy atom. The van der Waals surface area contributed by atoms with Crippen LogP contribution in [0.5, 0.6) is 0 Å². The number of hydrogen-bond acceptors (Lipinski definition) is 1. The number of rotatable bonds is 5. The van der Waals surface area contributed by atoms with Gasteiger partial charge in [0.2, 0.25) is 0 Å². The van der Waals surface area contributed by atoms with Gasteiger partial charge in [-0.15, -0.1) is 0 Å². The summed E-state index contributed by atoms with van der Waals surface area (Å²) in [5.41, 5.74) is 3.97. The van der Waals surface area contributed by atoms with Gasteiger partial charge in [0.15, 0.2) is 0 Å². The van der Waals surface area contributed by atoms with Crippen LogP contribution >= 0.6 is 15.9 Å². The largest absolute Gasteiger partial charge is 0.361 e. The minimum atomic E-state index is -0.209. The zero-order valence-electron chi connectivity index (χ0n) is 13.5. The molecule has 3 rings (SSSR count). The molecule has 0 heterocycles. The lowest BCUT2D eigenvalue weighted by Gasteiger charge is -2.26. The highest BCUT2D eigenvalue weighted by molar-refractivity contribution is 9.10. The fourth-order valence-corrected chi connectivity index (χ4v) is 3.03. The van der Waals surface area contributed by atoms with Crippen LogP contribution in [-0.2, 0) is 13.1 Å². The summed E-state index contributed by atoms with van der Waals surface area (Å²) in [4.78, 5) is 2.08. The van der Waals surface area contributed by atoms with Gasteiger partial charge >= 0.3 is 0 Å². The molecule has 0 atom stereocenters. The molecule has 0 amide bonds. The maximum atomic E-state index is 14.6. The molecule has 0 fully saturated rings. The van der Waals surface area contributed by atoms with E-state index < -0.39 is 0 Å². The van der Waals surface area contributed by atoms with E-state index in [1.165, 1.54) is 0 Å². The average molecular weight is 384 g/mol. The molecular formula is C21H19BrFN. The molecule has 0 unspecified atom stereocenters. The highest BCUT2D eigenvalue weighted by atomic mass is 79.9. The Labute approximate surface area is 150 Å². The van der Waals surface area contributed by atoms with E-state index in [1.807, 2.05) is 49.4 Å². The molecule has 0 saturated carbocycles. The number of benzene rings is 3. The summed E-state index contributed by atoms with van der Waals surface area (Å²) in [6, 6.07) is 23.8. The van der Waals surface area contributed by atoms with Crippen LogP contribution in [0.3, 0.4) is 0 Å². The topological polar surface area (TPSA) is 3.24 Å². The van der Waals surface area contributed by atoms with Crippen molar-refractivity contribution in [1.29, 1.82) is 0 Å². The third-order valence-corrected chi connectivity index (χ3v) is 4.86. The molecule has 0 radical (unpaired) electrons. The van der Waals surface area contributed by atoms with Crippen LogP contribution < -0.4 is 4.90 Å². The van der Waals surface area contributed by atoms with Crippen LogP contribution in [0.4, 0.5) is 10.1 Å². The molecule has 3 aromatic carbocycles. The fourth-order valence-electron chi connectivity index (χ4n) is 2.72. The van der Waals surface area contributed by atoms with Gasteiger partial charge in [-0.2, -0.15) is 0 Å². The van der Waals surface area contributed by atoms with Crippen molar-refractivity contribution >= 4 is 21.6 Å². The minimum absolute atomic E-state index is 0.209. The Morgan fingerprint density at radius 3 is 1.83 bits per heavy atom. The van der Waals surface area contributed by atoms with Crippen LogP contribution in [0.15, 0.2) is 77.3 Å². The molecule has 0 aromatic heterocycles. The van der Waals surface area contributed by atoms with Crippen molar-refractivity contribution in [3.63, 3.8) is 0 Å². The number of anilines is 1. The summed E-state index contributed by atoms with van der Waals surface area (Å²) in [5, 5.41) is 0. The van der Waals surface area contributed by atoms with Gasteiger partial charge in [0, 0.05) is 17.6 Å². The van der Waals surface area contributed by atoms with Gasteiger partial charge in [-0.05, 0) is 35.7 Å². The second-order valence-electron chi connectivity index (χ2n) is 5.88. The lowest BCUT2D eigenvalue weighted by atomic mass is 10.1. The molecule has 0 aliphatic carbocycles. The second kappa shape index (κ2) is 7.63. The third-order valence-electron chi connectivity index (χ3n) is 4.00. The highest BCUT2D eigenvalue weighted by Crippen LogP contribution is 2.29. The van der Waals surface area contributed by atoms with E-state index in [2.05, 4.69) is 45.1 Å². The summed E-state index contributed by atoms with van der Waals surface area (Å²) in [7, 11) is 0. The summed E-state index contributed by atoms with van der Waals surface area (Å²) < 4.78 is 15.4. The predicted octanol–water partition coefficient (Wildman–Crippen LogP) is 6.10. The van der Waals surface area contributed by atoms with Gasteiger partial charge in [-0.1, -0.05) is 76.6 Å². The van der Waals surface area contributed by atoms with Gasteiger partial charge in [-0.3, -0.25) is 0 Å². The van der Waals surface area contributed by atoms with Crippen LogP contribution in [-0.4, -0.2) is 0 Å². The van der Waals surface area contributed by atoms with Crippen LogP contribution in [0.1, 0.15) is 16.7 Å². The quantitative estimate of drug-likeness (QED) is 0.514.